The van der Waals surface area contributed by atoms with Crippen LogP contribution in [0, 0.1) is 13.8 Å². The molecule has 1 aromatic heterocycles. The number of aryl methyl sites for hydroxylation is 2. The number of nitrogens with zero attached hydrogens (tertiary/aromatic N) is 2. The first-order valence-corrected chi connectivity index (χ1v) is 7.62. The molecule has 1 saturated heterocycles. The van der Waals surface area contributed by atoms with Crippen LogP contribution in [0.4, 0.5) is 0 Å². The van der Waals surface area contributed by atoms with Crippen molar-refractivity contribution in [2.24, 2.45) is 0 Å². The maximum absolute atomic E-state index is 12.6. The van der Waals surface area contributed by atoms with Crippen molar-refractivity contribution in [3.05, 3.63) is 58.5 Å². The molecule has 0 saturated carbocycles. The molecule has 0 bridgehead atoms. The minimum absolute atomic E-state index is 0.0370. The number of benzene rings is 1. The molecule has 4 nitrogen and oxygen atoms in total. The lowest BCUT2D eigenvalue weighted by atomic mass is 10.00. The molecule has 2 aromatic rings. The Kier molecular flexibility index (Phi) is 4.09. The molecule has 1 aliphatic rings. The van der Waals surface area contributed by atoms with E-state index >= 15 is 0 Å². The van der Waals surface area contributed by atoms with Crippen molar-refractivity contribution < 1.29 is 9.32 Å². The molecular weight excluding hydrogens is 276 g/mol. The van der Waals surface area contributed by atoms with Crippen molar-refractivity contribution in [3.8, 4) is 0 Å². The number of rotatable bonds is 2. The second-order valence-electron chi connectivity index (χ2n) is 5.70. The van der Waals surface area contributed by atoms with Crippen LogP contribution < -0.4 is 0 Å². The number of amides is 1. The van der Waals surface area contributed by atoms with Crippen molar-refractivity contribution in [2.45, 2.75) is 26.7 Å². The van der Waals surface area contributed by atoms with Gasteiger partial charge in [-0.2, -0.15) is 0 Å². The van der Waals surface area contributed by atoms with E-state index < -0.39 is 0 Å². The zero-order valence-electron chi connectivity index (χ0n) is 13.0. The van der Waals surface area contributed by atoms with Crippen molar-refractivity contribution in [2.75, 3.05) is 13.1 Å². The van der Waals surface area contributed by atoms with Gasteiger partial charge in [-0.3, -0.25) is 4.79 Å². The molecule has 0 radical (unpaired) electrons. The van der Waals surface area contributed by atoms with E-state index in [-0.39, 0.29) is 5.91 Å². The van der Waals surface area contributed by atoms with Gasteiger partial charge in [0, 0.05) is 13.1 Å². The Bertz CT molecular complexity index is 672. The Morgan fingerprint density at radius 3 is 2.45 bits per heavy atom. The minimum atomic E-state index is 0.0370. The second kappa shape index (κ2) is 6.18. The molecule has 1 aromatic carbocycles. The van der Waals surface area contributed by atoms with Gasteiger partial charge in [0.1, 0.15) is 11.3 Å². The Morgan fingerprint density at radius 1 is 1.18 bits per heavy atom. The zero-order chi connectivity index (χ0) is 15.5. The summed E-state index contributed by atoms with van der Waals surface area (Å²) in [5.74, 6) is 0.642. The molecule has 0 N–H and O–H groups in total. The minimum Gasteiger partial charge on any atom is -0.361 e. The van der Waals surface area contributed by atoms with E-state index in [9.17, 15) is 4.79 Å². The number of carbonyl (C=O) groups excluding carboxylic acids is 1. The van der Waals surface area contributed by atoms with Crippen molar-refractivity contribution in [3.63, 3.8) is 0 Å². The Hall–Kier alpha value is -2.36. The highest BCUT2D eigenvalue weighted by Gasteiger charge is 2.25. The van der Waals surface area contributed by atoms with Crippen LogP contribution in [-0.4, -0.2) is 29.1 Å². The predicted octanol–water partition coefficient (Wildman–Crippen LogP) is 3.61. The van der Waals surface area contributed by atoms with E-state index in [0.29, 0.717) is 17.0 Å². The maximum Gasteiger partial charge on any atom is 0.259 e. The molecular formula is C18H20N2O2. The second-order valence-corrected chi connectivity index (χ2v) is 5.70. The quantitative estimate of drug-likeness (QED) is 0.850. The fourth-order valence-electron chi connectivity index (χ4n) is 2.87. The molecule has 1 aliphatic heterocycles. The van der Waals surface area contributed by atoms with E-state index in [1.54, 1.807) is 6.92 Å². The van der Waals surface area contributed by atoms with Crippen LogP contribution in [0.2, 0.25) is 0 Å². The third-order valence-corrected chi connectivity index (χ3v) is 4.11. The van der Waals surface area contributed by atoms with Crippen molar-refractivity contribution in [1.82, 2.24) is 10.1 Å². The number of carbonyl (C=O) groups is 1. The topological polar surface area (TPSA) is 46.3 Å². The fourth-order valence-corrected chi connectivity index (χ4v) is 2.87. The summed E-state index contributed by atoms with van der Waals surface area (Å²) in [6, 6.07) is 10.3. The molecule has 0 atom stereocenters. The van der Waals surface area contributed by atoms with Gasteiger partial charge in [0.05, 0.1) is 5.69 Å². The molecule has 22 heavy (non-hydrogen) atoms. The predicted molar refractivity (Wildman–Crippen MR) is 85.5 cm³/mol. The Labute approximate surface area is 130 Å². The van der Waals surface area contributed by atoms with E-state index in [1.807, 2.05) is 30.0 Å². The van der Waals surface area contributed by atoms with Gasteiger partial charge in [0.2, 0.25) is 0 Å². The molecule has 4 heteroatoms. The number of piperidine rings is 1. The van der Waals surface area contributed by atoms with Gasteiger partial charge in [-0.05, 0) is 32.3 Å². The van der Waals surface area contributed by atoms with E-state index in [4.69, 9.17) is 4.52 Å². The van der Waals surface area contributed by atoms with E-state index in [2.05, 4.69) is 23.4 Å². The number of likely N-dealkylation sites (tertiary alicyclic amines) is 1. The summed E-state index contributed by atoms with van der Waals surface area (Å²) in [5, 5.41) is 3.87. The van der Waals surface area contributed by atoms with Gasteiger partial charge in [0.25, 0.3) is 5.91 Å². The molecule has 114 valence electrons. The molecule has 0 unspecified atom stereocenters. The van der Waals surface area contributed by atoms with Gasteiger partial charge in [-0.1, -0.05) is 47.1 Å². The van der Waals surface area contributed by atoms with Gasteiger partial charge in [-0.15, -0.1) is 0 Å². The number of hydrogen-bond acceptors (Lipinski definition) is 3. The summed E-state index contributed by atoms with van der Waals surface area (Å²) in [4.78, 5) is 14.5. The first-order valence-electron chi connectivity index (χ1n) is 7.62. The van der Waals surface area contributed by atoms with Gasteiger partial charge in [-0.25, -0.2) is 0 Å². The Morgan fingerprint density at radius 2 is 1.86 bits per heavy atom. The standard InChI is InChI=1S/C18H20N2O2/c1-13-17(14(2)22-19-13)18(21)20-10-8-16(9-11-20)12-15-6-4-3-5-7-15/h3-7,12H,8-11H2,1-2H3. The highest BCUT2D eigenvalue weighted by atomic mass is 16.5. The van der Waals surface area contributed by atoms with Gasteiger partial charge < -0.3 is 9.42 Å². The molecule has 1 fully saturated rings. The third kappa shape index (κ3) is 2.96. The molecule has 2 heterocycles. The monoisotopic (exact) mass is 296 g/mol. The van der Waals surface area contributed by atoms with Crippen LogP contribution in [0.1, 0.15) is 40.2 Å². The summed E-state index contributed by atoms with van der Waals surface area (Å²) in [5.41, 5.74) is 3.92. The van der Waals surface area contributed by atoms with Crippen molar-refractivity contribution >= 4 is 12.0 Å². The van der Waals surface area contributed by atoms with Gasteiger partial charge in [0.15, 0.2) is 0 Å². The van der Waals surface area contributed by atoms with Crippen LogP contribution in [0.25, 0.3) is 6.08 Å². The molecule has 1 amide bonds. The molecule has 0 aliphatic carbocycles. The number of aromatic nitrogens is 1. The van der Waals surface area contributed by atoms with E-state index in [0.717, 1.165) is 25.9 Å². The average Bonchev–Trinajstić information content (AvgIpc) is 2.87. The summed E-state index contributed by atoms with van der Waals surface area (Å²) in [7, 11) is 0. The first-order chi connectivity index (χ1) is 10.6. The summed E-state index contributed by atoms with van der Waals surface area (Å²) in [6.45, 7) is 5.11. The van der Waals surface area contributed by atoms with Crippen LogP contribution in [0.15, 0.2) is 40.4 Å². The fraction of sp³-hybridized carbons (Fsp3) is 0.333. The highest BCUT2D eigenvalue weighted by Crippen LogP contribution is 2.22. The zero-order valence-corrected chi connectivity index (χ0v) is 13.0. The highest BCUT2D eigenvalue weighted by molar-refractivity contribution is 5.96. The average molecular weight is 296 g/mol. The molecule has 0 spiro atoms. The smallest absolute Gasteiger partial charge is 0.259 e. The van der Waals surface area contributed by atoms with Crippen LogP contribution >= 0.6 is 0 Å². The SMILES string of the molecule is Cc1noc(C)c1C(=O)N1CCC(=Cc2ccccc2)CC1. The largest absolute Gasteiger partial charge is 0.361 e. The lowest BCUT2D eigenvalue weighted by Crippen LogP contribution is -2.36. The normalized spacial score (nSPS) is 15.0. The van der Waals surface area contributed by atoms with Gasteiger partial charge >= 0.3 is 0 Å². The molecule has 3 rings (SSSR count). The van der Waals surface area contributed by atoms with E-state index in [1.165, 1.54) is 11.1 Å². The van der Waals surface area contributed by atoms with Crippen LogP contribution in [0.5, 0.6) is 0 Å². The number of hydrogen-bond donors (Lipinski definition) is 0. The van der Waals surface area contributed by atoms with Crippen LogP contribution in [-0.2, 0) is 0 Å². The summed E-state index contributed by atoms with van der Waals surface area (Å²) < 4.78 is 5.10. The Balaban J connectivity index is 1.67. The maximum atomic E-state index is 12.6. The summed E-state index contributed by atoms with van der Waals surface area (Å²) >= 11 is 0. The van der Waals surface area contributed by atoms with Crippen LogP contribution in [0.3, 0.4) is 0 Å². The lowest BCUT2D eigenvalue weighted by Gasteiger charge is -2.28. The third-order valence-electron chi connectivity index (χ3n) is 4.11. The first kappa shape index (κ1) is 14.6. The lowest BCUT2D eigenvalue weighted by molar-refractivity contribution is 0.0741. The van der Waals surface area contributed by atoms with Crippen molar-refractivity contribution in [1.29, 1.82) is 0 Å². The summed E-state index contributed by atoms with van der Waals surface area (Å²) in [6.07, 6.45) is 4.08.